The van der Waals surface area contributed by atoms with Crippen LogP contribution in [0.25, 0.3) is 0 Å². The van der Waals surface area contributed by atoms with Gasteiger partial charge in [0.15, 0.2) is 0 Å². The highest BCUT2D eigenvalue weighted by Gasteiger charge is 2.31. The number of thioether (sulfide) groups is 1. The molecule has 1 atom stereocenters. The van der Waals surface area contributed by atoms with Gasteiger partial charge in [0.25, 0.3) is 11.6 Å². The summed E-state index contributed by atoms with van der Waals surface area (Å²) in [5.74, 6) is -1.30. The molecular weight excluding hydrogens is 308 g/mol. The number of carboxylic acid groups (broad SMARTS) is 1. The Morgan fingerprint density at radius 1 is 1.50 bits per heavy atom. The Morgan fingerprint density at radius 2 is 2.23 bits per heavy atom. The molecule has 0 saturated carbocycles. The molecule has 1 aromatic carbocycles. The van der Waals surface area contributed by atoms with E-state index < -0.39 is 10.9 Å². The van der Waals surface area contributed by atoms with Crippen molar-refractivity contribution in [2.75, 3.05) is 12.8 Å². The van der Waals surface area contributed by atoms with Crippen LogP contribution in [-0.2, 0) is 4.79 Å². The molecule has 1 aromatic rings. The van der Waals surface area contributed by atoms with Crippen molar-refractivity contribution in [1.29, 1.82) is 0 Å². The second-order valence-electron chi connectivity index (χ2n) is 5.04. The molecule has 1 aliphatic heterocycles. The van der Waals surface area contributed by atoms with Gasteiger partial charge in [-0.2, -0.15) is 0 Å². The summed E-state index contributed by atoms with van der Waals surface area (Å²) >= 11 is 1.24. The molecule has 0 spiro atoms. The first kappa shape index (κ1) is 16.3. The molecule has 8 heteroatoms. The molecule has 1 unspecified atom stereocenters. The smallest absolute Gasteiger partial charge is 0.305 e. The van der Waals surface area contributed by atoms with Gasteiger partial charge >= 0.3 is 5.97 Å². The summed E-state index contributed by atoms with van der Waals surface area (Å²) in [6.07, 6.45) is 3.02. The number of rotatable bonds is 5. The van der Waals surface area contributed by atoms with Crippen LogP contribution in [0, 0.1) is 10.1 Å². The Labute approximate surface area is 131 Å². The number of aliphatic carboxylic acids is 1. The minimum Gasteiger partial charge on any atom is -0.481 e. The van der Waals surface area contributed by atoms with Crippen LogP contribution in [0.2, 0.25) is 0 Å². The predicted molar refractivity (Wildman–Crippen MR) is 81.2 cm³/mol. The van der Waals surface area contributed by atoms with Crippen molar-refractivity contribution in [3.63, 3.8) is 0 Å². The highest BCUT2D eigenvalue weighted by molar-refractivity contribution is 7.98. The molecule has 0 aliphatic carbocycles. The van der Waals surface area contributed by atoms with Crippen molar-refractivity contribution in [2.45, 2.75) is 30.2 Å². The summed E-state index contributed by atoms with van der Waals surface area (Å²) in [6.45, 7) is 0.481. The summed E-state index contributed by atoms with van der Waals surface area (Å²) in [4.78, 5) is 35.9. The monoisotopic (exact) mass is 324 g/mol. The molecule has 0 radical (unpaired) electrons. The van der Waals surface area contributed by atoms with E-state index in [0.29, 0.717) is 17.9 Å². The molecule has 1 aliphatic rings. The van der Waals surface area contributed by atoms with Crippen molar-refractivity contribution in [1.82, 2.24) is 4.90 Å². The number of carboxylic acids is 1. The molecule has 0 bridgehead atoms. The number of hydrogen-bond acceptors (Lipinski definition) is 5. The van der Waals surface area contributed by atoms with Gasteiger partial charge < -0.3 is 10.0 Å². The molecule has 1 saturated heterocycles. The fourth-order valence-corrected chi connectivity index (χ4v) is 3.20. The van der Waals surface area contributed by atoms with Gasteiger partial charge in [0, 0.05) is 24.2 Å². The van der Waals surface area contributed by atoms with Crippen molar-refractivity contribution in [3.05, 3.63) is 33.9 Å². The van der Waals surface area contributed by atoms with Crippen LogP contribution in [0.15, 0.2) is 23.1 Å². The van der Waals surface area contributed by atoms with Gasteiger partial charge in [-0.1, -0.05) is 0 Å². The average Bonchev–Trinajstić information content (AvgIpc) is 2.93. The molecule has 0 aromatic heterocycles. The van der Waals surface area contributed by atoms with Crippen LogP contribution in [0.4, 0.5) is 5.69 Å². The number of amides is 1. The van der Waals surface area contributed by atoms with Crippen molar-refractivity contribution < 1.29 is 19.6 Å². The Balaban J connectivity index is 2.27. The molecule has 1 N–H and O–H groups in total. The van der Waals surface area contributed by atoms with E-state index in [2.05, 4.69) is 0 Å². The Bertz CT molecular complexity index is 619. The predicted octanol–water partition coefficient (Wildman–Crippen LogP) is 2.40. The quantitative estimate of drug-likeness (QED) is 0.507. The van der Waals surface area contributed by atoms with Crippen molar-refractivity contribution in [3.8, 4) is 0 Å². The Morgan fingerprint density at radius 3 is 2.82 bits per heavy atom. The van der Waals surface area contributed by atoms with Gasteiger partial charge in [0.2, 0.25) is 0 Å². The molecule has 1 fully saturated rings. The number of nitro benzene ring substituents is 1. The average molecular weight is 324 g/mol. The summed E-state index contributed by atoms with van der Waals surface area (Å²) in [5, 5.41) is 20.0. The lowest BCUT2D eigenvalue weighted by Crippen LogP contribution is -2.36. The first-order valence-corrected chi connectivity index (χ1v) is 8.01. The summed E-state index contributed by atoms with van der Waals surface area (Å²) in [6, 6.07) is 4.03. The maximum Gasteiger partial charge on any atom is 0.305 e. The number of nitrogens with zero attached hydrogens (tertiary/aromatic N) is 2. The van der Waals surface area contributed by atoms with E-state index in [4.69, 9.17) is 5.11 Å². The van der Waals surface area contributed by atoms with Gasteiger partial charge in [0.1, 0.15) is 0 Å². The van der Waals surface area contributed by atoms with Gasteiger partial charge in [-0.15, -0.1) is 11.8 Å². The standard InChI is InChI=1S/C14H16N2O5S/c1-22-12-5-4-9(7-11(12)16(20)21)14(19)15-6-2-3-10(15)8-13(17)18/h4-5,7,10H,2-3,6,8H2,1H3,(H,17,18). The number of carbonyl (C=O) groups is 2. The van der Waals surface area contributed by atoms with E-state index in [1.807, 2.05) is 0 Å². The van der Waals surface area contributed by atoms with Crippen LogP contribution < -0.4 is 0 Å². The number of likely N-dealkylation sites (tertiary alicyclic amines) is 1. The van der Waals surface area contributed by atoms with Gasteiger partial charge in [-0.05, 0) is 31.2 Å². The minimum absolute atomic E-state index is 0.100. The molecule has 118 valence electrons. The normalized spacial score (nSPS) is 17.5. The van der Waals surface area contributed by atoms with E-state index in [1.165, 1.54) is 22.7 Å². The molecule has 2 rings (SSSR count). The fraction of sp³-hybridized carbons (Fsp3) is 0.429. The van der Waals surface area contributed by atoms with E-state index >= 15 is 0 Å². The van der Waals surface area contributed by atoms with Crippen LogP contribution >= 0.6 is 11.8 Å². The Hall–Kier alpha value is -2.09. The van der Waals surface area contributed by atoms with Crippen LogP contribution in [0.5, 0.6) is 0 Å². The molecular formula is C14H16N2O5S. The molecule has 1 amide bonds. The highest BCUT2D eigenvalue weighted by atomic mass is 32.2. The molecule has 7 nitrogen and oxygen atoms in total. The van der Waals surface area contributed by atoms with Crippen LogP contribution in [-0.4, -0.2) is 45.6 Å². The maximum absolute atomic E-state index is 12.5. The van der Waals surface area contributed by atoms with Crippen LogP contribution in [0.3, 0.4) is 0 Å². The van der Waals surface area contributed by atoms with E-state index in [9.17, 15) is 19.7 Å². The largest absolute Gasteiger partial charge is 0.481 e. The summed E-state index contributed by atoms with van der Waals surface area (Å²) in [5.41, 5.74) is 0.120. The van der Waals surface area contributed by atoms with Crippen LogP contribution in [0.1, 0.15) is 29.6 Å². The number of hydrogen-bond donors (Lipinski definition) is 1. The zero-order valence-corrected chi connectivity index (χ0v) is 12.8. The van der Waals surface area contributed by atoms with Gasteiger partial charge in [0.05, 0.1) is 16.2 Å². The van der Waals surface area contributed by atoms with Gasteiger partial charge in [-0.25, -0.2) is 0 Å². The highest BCUT2D eigenvalue weighted by Crippen LogP contribution is 2.30. The second kappa shape index (κ2) is 6.78. The number of nitro groups is 1. The fourth-order valence-electron chi connectivity index (χ4n) is 2.65. The lowest BCUT2D eigenvalue weighted by Gasteiger charge is -2.23. The topological polar surface area (TPSA) is 101 Å². The third-order valence-corrected chi connectivity index (χ3v) is 4.46. The second-order valence-corrected chi connectivity index (χ2v) is 5.88. The first-order valence-electron chi connectivity index (χ1n) is 6.79. The molecule has 1 heterocycles. The Kier molecular flexibility index (Phi) is 5.02. The lowest BCUT2D eigenvalue weighted by atomic mass is 10.1. The lowest BCUT2D eigenvalue weighted by molar-refractivity contribution is -0.387. The zero-order chi connectivity index (χ0) is 16.3. The van der Waals surface area contributed by atoms with Crippen molar-refractivity contribution in [2.24, 2.45) is 0 Å². The molecule has 22 heavy (non-hydrogen) atoms. The minimum atomic E-state index is -0.951. The number of benzene rings is 1. The first-order chi connectivity index (χ1) is 10.4. The third-order valence-electron chi connectivity index (χ3n) is 3.67. The summed E-state index contributed by atoms with van der Waals surface area (Å²) in [7, 11) is 0. The van der Waals surface area contributed by atoms with E-state index in [-0.39, 0.29) is 29.6 Å². The van der Waals surface area contributed by atoms with Gasteiger partial charge in [-0.3, -0.25) is 19.7 Å². The maximum atomic E-state index is 12.5. The summed E-state index contributed by atoms with van der Waals surface area (Å²) < 4.78 is 0. The zero-order valence-electron chi connectivity index (χ0n) is 12.0. The van der Waals surface area contributed by atoms with E-state index in [1.54, 1.807) is 18.4 Å². The number of carbonyl (C=O) groups excluding carboxylic acids is 1. The van der Waals surface area contributed by atoms with Crippen molar-refractivity contribution >= 4 is 29.3 Å². The third kappa shape index (κ3) is 3.38. The SMILES string of the molecule is CSc1ccc(C(=O)N2CCCC2CC(=O)O)cc1[N+](=O)[O-]. The van der Waals surface area contributed by atoms with E-state index in [0.717, 1.165) is 6.42 Å².